The average Bonchev–Trinajstić information content (AvgIpc) is 2.40. The lowest BCUT2D eigenvalue weighted by Crippen LogP contribution is -2.49. The number of nitrogens with zero attached hydrogens (tertiary/aromatic N) is 2. The fraction of sp³-hybridized carbons (Fsp3) is 0.600. The van der Waals surface area contributed by atoms with Crippen LogP contribution in [0.25, 0.3) is 0 Å². The summed E-state index contributed by atoms with van der Waals surface area (Å²) in [5, 5.41) is 0. The maximum atomic E-state index is 13.2. The predicted molar refractivity (Wildman–Crippen MR) is 87.7 cm³/mol. The molecule has 0 N–H and O–H groups in total. The lowest BCUT2D eigenvalue weighted by Gasteiger charge is -2.43. The van der Waals surface area contributed by atoms with E-state index in [0.717, 1.165) is 22.2 Å². The van der Waals surface area contributed by atoms with Gasteiger partial charge >= 0.3 is 5.97 Å². The zero-order valence-electron chi connectivity index (χ0n) is 12.5. The number of aromatic nitrogens is 1. The highest BCUT2D eigenvalue weighted by Gasteiger charge is 2.36. The number of halogens is 2. The molecule has 2 heterocycles. The molecule has 4 nitrogen and oxygen atoms in total. The number of hydrogen-bond donors (Lipinski definition) is 0. The third kappa shape index (κ3) is 3.64. The van der Waals surface area contributed by atoms with Gasteiger partial charge in [0.15, 0.2) is 0 Å². The number of anilines is 1. The SMILES string of the molecule is CCOC(=O)C1C[C@@H](C)N(c2ncc(F)cc2I)[C@H](C)C1. The van der Waals surface area contributed by atoms with Crippen LogP contribution in [-0.2, 0) is 9.53 Å². The molecule has 0 amide bonds. The van der Waals surface area contributed by atoms with Gasteiger partial charge in [-0.2, -0.15) is 0 Å². The second kappa shape index (κ2) is 6.89. The van der Waals surface area contributed by atoms with Gasteiger partial charge in [-0.05, 0) is 62.3 Å². The van der Waals surface area contributed by atoms with E-state index >= 15 is 0 Å². The molecule has 1 saturated heterocycles. The van der Waals surface area contributed by atoms with Crippen LogP contribution in [0, 0.1) is 15.3 Å². The van der Waals surface area contributed by atoms with Crippen LogP contribution in [0.15, 0.2) is 12.3 Å². The van der Waals surface area contributed by atoms with Crippen molar-refractivity contribution in [2.24, 2.45) is 5.92 Å². The molecule has 0 bridgehead atoms. The molecule has 0 aliphatic carbocycles. The van der Waals surface area contributed by atoms with E-state index in [9.17, 15) is 9.18 Å². The summed E-state index contributed by atoms with van der Waals surface area (Å²) in [7, 11) is 0. The summed E-state index contributed by atoms with van der Waals surface area (Å²) in [5.41, 5.74) is 0. The molecule has 1 aromatic heterocycles. The Morgan fingerprint density at radius 1 is 1.48 bits per heavy atom. The van der Waals surface area contributed by atoms with E-state index < -0.39 is 0 Å². The van der Waals surface area contributed by atoms with Gasteiger partial charge in [-0.25, -0.2) is 9.37 Å². The topological polar surface area (TPSA) is 42.4 Å². The van der Waals surface area contributed by atoms with Crippen molar-refractivity contribution >= 4 is 34.4 Å². The molecule has 1 aromatic rings. The van der Waals surface area contributed by atoms with E-state index in [2.05, 4.69) is 46.3 Å². The van der Waals surface area contributed by atoms with Crippen LogP contribution in [0.5, 0.6) is 0 Å². The first-order chi connectivity index (χ1) is 9.93. The Labute approximate surface area is 138 Å². The molecule has 0 saturated carbocycles. The van der Waals surface area contributed by atoms with Crippen LogP contribution < -0.4 is 4.90 Å². The van der Waals surface area contributed by atoms with Crippen molar-refractivity contribution < 1.29 is 13.9 Å². The summed E-state index contributed by atoms with van der Waals surface area (Å²) in [6, 6.07) is 1.81. The minimum Gasteiger partial charge on any atom is -0.466 e. The van der Waals surface area contributed by atoms with Crippen molar-refractivity contribution in [2.45, 2.75) is 45.7 Å². The molecule has 0 aromatic carbocycles. The van der Waals surface area contributed by atoms with Crippen LogP contribution in [0.2, 0.25) is 0 Å². The Hall–Kier alpha value is -0.920. The van der Waals surface area contributed by atoms with Gasteiger partial charge in [0.2, 0.25) is 0 Å². The van der Waals surface area contributed by atoms with Gasteiger partial charge in [0.1, 0.15) is 11.6 Å². The zero-order valence-corrected chi connectivity index (χ0v) is 14.6. The largest absolute Gasteiger partial charge is 0.466 e. The van der Waals surface area contributed by atoms with Gasteiger partial charge in [0.05, 0.1) is 22.3 Å². The number of pyridine rings is 1. The Morgan fingerprint density at radius 3 is 2.62 bits per heavy atom. The monoisotopic (exact) mass is 406 g/mol. The van der Waals surface area contributed by atoms with Crippen molar-refractivity contribution in [3.05, 3.63) is 21.7 Å². The Bertz CT molecular complexity index is 514. The molecular formula is C15H20FIN2O2. The summed E-state index contributed by atoms with van der Waals surface area (Å²) in [4.78, 5) is 18.3. The minimum atomic E-state index is -0.329. The van der Waals surface area contributed by atoms with E-state index in [4.69, 9.17) is 4.74 Å². The third-order valence-electron chi connectivity index (χ3n) is 3.85. The zero-order chi connectivity index (χ0) is 15.6. The van der Waals surface area contributed by atoms with Crippen LogP contribution in [0.1, 0.15) is 33.6 Å². The van der Waals surface area contributed by atoms with Crippen LogP contribution in [0.4, 0.5) is 10.2 Å². The lowest BCUT2D eigenvalue weighted by molar-refractivity contribution is -0.149. The maximum Gasteiger partial charge on any atom is 0.309 e. The van der Waals surface area contributed by atoms with E-state index in [1.807, 2.05) is 6.92 Å². The fourth-order valence-electron chi connectivity index (χ4n) is 3.05. The standard InChI is InChI=1S/C15H20FIN2O2/c1-4-21-15(20)11-5-9(2)19(10(3)6-11)14-13(17)7-12(16)8-18-14/h7-11H,4-6H2,1-3H3/t9-,10-/m1/s1. The molecular weight excluding hydrogens is 386 g/mol. The molecule has 0 unspecified atom stereocenters. The molecule has 0 spiro atoms. The molecule has 1 aliphatic heterocycles. The maximum absolute atomic E-state index is 13.2. The molecule has 2 atom stereocenters. The molecule has 6 heteroatoms. The summed E-state index contributed by atoms with van der Waals surface area (Å²) in [6.45, 7) is 6.38. The Morgan fingerprint density at radius 2 is 2.10 bits per heavy atom. The van der Waals surface area contributed by atoms with Gasteiger partial charge in [0, 0.05) is 12.1 Å². The first-order valence-corrected chi connectivity index (χ1v) is 8.27. The van der Waals surface area contributed by atoms with Gasteiger partial charge in [-0.1, -0.05) is 0 Å². The predicted octanol–water partition coefficient (Wildman–Crippen LogP) is 3.38. The molecule has 116 valence electrons. The average molecular weight is 406 g/mol. The Kier molecular flexibility index (Phi) is 5.40. The first-order valence-electron chi connectivity index (χ1n) is 7.20. The summed E-state index contributed by atoms with van der Waals surface area (Å²) >= 11 is 2.10. The van der Waals surface area contributed by atoms with E-state index in [0.29, 0.717) is 6.61 Å². The summed E-state index contributed by atoms with van der Waals surface area (Å²) in [6.07, 6.45) is 2.71. The quantitative estimate of drug-likeness (QED) is 0.570. The normalized spacial score (nSPS) is 25.8. The molecule has 21 heavy (non-hydrogen) atoms. The van der Waals surface area contributed by atoms with Crippen molar-refractivity contribution in [2.75, 3.05) is 11.5 Å². The second-order valence-electron chi connectivity index (χ2n) is 5.48. The highest BCUT2D eigenvalue weighted by molar-refractivity contribution is 14.1. The summed E-state index contributed by atoms with van der Waals surface area (Å²) < 4.78 is 19.1. The number of rotatable bonds is 3. The smallest absolute Gasteiger partial charge is 0.309 e. The number of carbonyl (C=O) groups is 1. The number of piperidine rings is 1. The van der Waals surface area contributed by atoms with Gasteiger partial charge in [-0.15, -0.1) is 0 Å². The van der Waals surface area contributed by atoms with Crippen molar-refractivity contribution in [1.29, 1.82) is 0 Å². The second-order valence-corrected chi connectivity index (χ2v) is 6.65. The van der Waals surface area contributed by atoms with Crippen LogP contribution in [0.3, 0.4) is 0 Å². The fourth-order valence-corrected chi connectivity index (χ4v) is 3.76. The first kappa shape index (κ1) is 16.5. The van der Waals surface area contributed by atoms with Crippen molar-refractivity contribution in [3.63, 3.8) is 0 Å². The van der Waals surface area contributed by atoms with Crippen LogP contribution in [-0.4, -0.2) is 29.6 Å². The number of hydrogen-bond acceptors (Lipinski definition) is 4. The van der Waals surface area contributed by atoms with Gasteiger partial charge in [0.25, 0.3) is 0 Å². The highest BCUT2D eigenvalue weighted by atomic mass is 127. The molecule has 1 fully saturated rings. The molecule has 2 rings (SSSR count). The van der Waals surface area contributed by atoms with E-state index in [1.165, 1.54) is 12.3 Å². The van der Waals surface area contributed by atoms with Crippen molar-refractivity contribution in [3.8, 4) is 0 Å². The summed E-state index contributed by atoms with van der Waals surface area (Å²) in [5.74, 6) is 0.283. The number of carbonyl (C=O) groups excluding carboxylic acids is 1. The molecule has 0 radical (unpaired) electrons. The van der Waals surface area contributed by atoms with Gasteiger partial charge in [-0.3, -0.25) is 4.79 Å². The van der Waals surface area contributed by atoms with E-state index in [-0.39, 0.29) is 29.8 Å². The number of ether oxygens (including phenoxy) is 1. The lowest BCUT2D eigenvalue weighted by atomic mass is 9.87. The van der Waals surface area contributed by atoms with Gasteiger partial charge < -0.3 is 9.64 Å². The van der Waals surface area contributed by atoms with Crippen molar-refractivity contribution in [1.82, 2.24) is 4.98 Å². The minimum absolute atomic E-state index is 0.0655. The van der Waals surface area contributed by atoms with Crippen LogP contribution >= 0.6 is 22.6 Å². The Balaban J connectivity index is 2.18. The number of esters is 1. The third-order valence-corrected chi connectivity index (χ3v) is 4.65. The highest BCUT2D eigenvalue weighted by Crippen LogP contribution is 2.34. The molecule has 1 aliphatic rings. The van der Waals surface area contributed by atoms with E-state index in [1.54, 1.807) is 0 Å².